The Kier molecular flexibility index (Phi) is 6.77. The molecule has 0 aromatic heterocycles. The number of carboxylic acids is 1. The minimum absolute atomic E-state index is 0.119. The van der Waals surface area contributed by atoms with Crippen LogP contribution in [0.15, 0.2) is 29.2 Å². The number of hydrogen-bond acceptors (Lipinski definition) is 4. The van der Waals surface area contributed by atoms with Crippen molar-refractivity contribution < 1.29 is 23.1 Å². The van der Waals surface area contributed by atoms with E-state index >= 15 is 0 Å². The van der Waals surface area contributed by atoms with Gasteiger partial charge in [0.05, 0.1) is 4.90 Å². The summed E-state index contributed by atoms with van der Waals surface area (Å²) < 4.78 is 26.7. The van der Waals surface area contributed by atoms with Gasteiger partial charge < -0.3 is 10.4 Å². The van der Waals surface area contributed by atoms with Gasteiger partial charge in [0.15, 0.2) is 0 Å². The molecule has 0 aliphatic carbocycles. The Labute approximate surface area is 154 Å². The van der Waals surface area contributed by atoms with Gasteiger partial charge in [-0.25, -0.2) is 13.2 Å². The Morgan fingerprint density at radius 1 is 1.12 bits per heavy atom. The molecule has 0 spiro atoms. The van der Waals surface area contributed by atoms with Gasteiger partial charge in [-0.15, -0.1) is 0 Å². The molecule has 1 saturated heterocycles. The van der Waals surface area contributed by atoms with Crippen LogP contribution in [-0.2, 0) is 14.8 Å². The molecule has 1 aromatic rings. The highest BCUT2D eigenvalue weighted by atomic mass is 32.2. The summed E-state index contributed by atoms with van der Waals surface area (Å²) in [7, 11) is -3.55. The lowest BCUT2D eigenvalue weighted by Crippen LogP contribution is -2.41. The van der Waals surface area contributed by atoms with Crippen LogP contribution in [0.4, 0.5) is 0 Å². The van der Waals surface area contributed by atoms with E-state index in [9.17, 15) is 23.1 Å². The first-order chi connectivity index (χ1) is 12.2. The Balaban J connectivity index is 2.10. The number of nitrogens with zero attached hydrogens (tertiary/aromatic N) is 1. The summed E-state index contributed by atoms with van der Waals surface area (Å²) >= 11 is 0. The number of sulfonamides is 1. The first-order valence-electron chi connectivity index (χ1n) is 8.85. The molecule has 0 radical (unpaired) electrons. The van der Waals surface area contributed by atoms with Crippen LogP contribution in [0.2, 0.25) is 0 Å². The number of amides is 1. The number of aliphatic carboxylic acids is 1. The molecular weight excluding hydrogens is 356 g/mol. The second kappa shape index (κ2) is 8.64. The van der Waals surface area contributed by atoms with E-state index < -0.39 is 27.9 Å². The molecule has 0 unspecified atom stereocenters. The van der Waals surface area contributed by atoms with Crippen molar-refractivity contribution in [1.82, 2.24) is 9.62 Å². The van der Waals surface area contributed by atoms with E-state index in [0.717, 1.165) is 19.3 Å². The van der Waals surface area contributed by atoms with E-state index in [0.29, 0.717) is 19.5 Å². The normalized spacial score (nSPS) is 17.0. The van der Waals surface area contributed by atoms with Crippen molar-refractivity contribution in [2.45, 2.75) is 50.5 Å². The Morgan fingerprint density at radius 3 is 2.19 bits per heavy atom. The molecule has 7 nitrogen and oxygen atoms in total. The van der Waals surface area contributed by atoms with Gasteiger partial charge in [0, 0.05) is 18.7 Å². The topological polar surface area (TPSA) is 104 Å². The van der Waals surface area contributed by atoms with Crippen molar-refractivity contribution in [1.29, 1.82) is 0 Å². The molecule has 26 heavy (non-hydrogen) atoms. The summed E-state index contributed by atoms with van der Waals surface area (Å²) in [4.78, 5) is 23.7. The van der Waals surface area contributed by atoms with E-state index in [4.69, 9.17) is 0 Å². The third-order valence-corrected chi connectivity index (χ3v) is 6.29. The van der Waals surface area contributed by atoms with Crippen LogP contribution >= 0.6 is 0 Å². The predicted octanol–water partition coefficient (Wildman–Crippen LogP) is 2.09. The van der Waals surface area contributed by atoms with Crippen molar-refractivity contribution in [2.75, 3.05) is 13.1 Å². The van der Waals surface area contributed by atoms with Crippen LogP contribution in [0.3, 0.4) is 0 Å². The molecule has 2 rings (SSSR count). The van der Waals surface area contributed by atoms with E-state index in [1.807, 2.05) is 13.8 Å². The Morgan fingerprint density at radius 2 is 1.69 bits per heavy atom. The average molecular weight is 382 g/mol. The van der Waals surface area contributed by atoms with Gasteiger partial charge in [-0.1, -0.05) is 20.3 Å². The Hall–Kier alpha value is -1.93. The van der Waals surface area contributed by atoms with Crippen LogP contribution in [0.5, 0.6) is 0 Å². The molecule has 1 aromatic carbocycles. The van der Waals surface area contributed by atoms with E-state index in [-0.39, 0.29) is 16.4 Å². The highest BCUT2D eigenvalue weighted by molar-refractivity contribution is 7.89. The maximum atomic E-state index is 12.6. The van der Waals surface area contributed by atoms with Crippen LogP contribution in [0, 0.1) is 5.92 Å². The molecule has 144 valence electrons. The largest absolute Gasteiger partial charge is 0.480 e. The van der Waals surface area contributed by atoms with Crippen molar-refractivity contribution in [3.05, 3.63) is 29.8 Å². The van der Waals surface area contributed by atoms with Gasteiger partial charge in [0.1, 0.15) is 6.04 Å². The zero-order valence-corrected chi connectivity index (χ0v) is 16.0. The highest BCUT2D eigenvalue weighted by Gasteiger charge is 2.26. The van der Waals surface area contributed by atoms with E-state index in [1.54, 1.807) is 0 Å². The highest BCUT2D eigenvalue weighted by Crippen LogP contribution is 2.21. The van der Waals surface area contributed by atoms with Gasteiger partial charge in [-0.3, -0.25) is 4.79 Å². The molecule has 0 bridgehead atoms. The zero-order valence-electron chi connectivity index (χ0n) is 15.1. The van der Waals surface area contributed by atoms with Crippen molar-refractivity contribution in [3.63, 3.8) is 0 Å². The van der Waals surface area contributed by atoms with Crippen molar-refractivity contribution in [3.8, 4) is 0 Å². The molecule has 1 heterocycles. The summed E-state index contributed by atoms with van der Waals surface area (Å²) in [6.07, 6.45) is 3.06. The summed E-state index contributed by atoms with van der Waals surface area (Å²) in [5.41, 5.74) is 0.234. The minimum Gasteiger partial charge on any atom is -0.480 e. The number of piperidine rings is 1. The quantitative estimate of drug-likeness (QED) is 0.751. The fourth-order valence-corrected chi connectivity index (χ4v) is 4.48. The third-order valence-electron chi connectivity index (χ3n) is 4.38. The van der Waals surface area contributed by atoms with Gasteiger partial charge in [-0.05, 0) is 49.4 Å². The van der Waals surface area contributed by atoms with E-state index in [1.165, 1.54) is 28.6 Å². The first-order valence-corrected chi connectivity index (χ1v) is 10.3. The Bertz CT molecular complexity index is 737. The number of carbonyl (C=O) groups excluding carboxylic acids is 1. The number of hydrogen-bond donors (Lipinski definition) is 2. The molecular formula is C18H26N2O5S. The first kappa shape index (κ1) is 20.4. The maximum absolute atomic E-state index is 12.6. The monoisotopic (exact) mass is 382 g/mol. The number of rotatable bonds is 7. The van der Waals surface area contributed by atoms with Gasteiger partial charge in [-0.2, -0.15) is 4.31 Å². The molecule has 1 atom stereocenters. The SMILES string of the molecule is CC(C)C[C@@H](NC(=O)c1ccc(S(=O)(=O)N2CCCCC2)cc1)C(=O)O. The number of carbonyl (C=O) groups is 2. The average Bonchev–Trinajstić information content (AvgIpc) is 2.61. The summed E-state index contributed by atoms with van der Waals surface area (Å²) in [5.74, 6) is -1.50. The van der Waals surface area contributed by atoms with Crippen LogP contribution in [-0.4, -0.2) is 48.8 Å². The number of benzene rings is 1. The van der Waals surface area contributed by atoms with Crippen LogP contribution in [0.1, 0.15) is 49.9 Å². The zero-order chi connectivity index (χ0) is 19.3. The van der Waals surface area contributed by atoms with Crippen molar-refractivity contribution >= 4 is 21.9 Å². The fraction of sp³-hybridized carbons (Fsp3) is 0.556. The van der Waals surface area contributed by atoms with Gasteiger partial charge in [0.2, 0.25) is 10.0 Å². The van der Waals surface area contributed by atoms with E-state index in [2.05, 4.69) is 5.32 Å². The lowest BCUT2D eigenvalue weighted by molar-refractivity contribution is -0.139. The molecule has 0 saturated carbocycles. The summed E-state index contributed by atoms with van der Waals surface area (Å²) in [6, 6.07) is 4.66. The summed E-state index contributed by atoms with van der Waals surface area (Å²) in [5, 5.41) is 11.7. The second-order valence-corrected chi connectivity index (χ2v) is 8.92. The maximum Gasteiger partial charge on any atom is 0.326 e. The van der Waals surface area contributed by atoms with Gasteiger partial charge in [0.25, 0.3) is 5.91 Å². The minimum atomic E-state index is -3.55. The third kappa shape index (κ3) is 5.04. The molecule has 1 aliphatic rings. The van der Waals surface area contributed by atoms with Crippen LogP contribution in [0.25, 0.3) is 0 Å². The second-order valence-electron chi connectivity index (χ2n) is 6.98. The predicted molar refractivity (Wildman–Crippen MR) is 97.4 cm³/mol. The number of carboxylic acid groups (broad SMARTS) is 1. The van der Waals surface area contributed by atoms with Crippen molar-refractivity contribution in [2.24, 2.45) is 5.92 Å². The molecule has 8 heteroatoms. The smallest absolute Gasteiger partial charge is 0.326 e. The summed E-state index contributed by atoms with van der Waals surface area (Å²) in [6.45, 7) is 4.78. The molecule has 1 aliphatic heterocycles. The lowest BCUT2D eigenvalue weighted by atomic mass is 10.0. The number of nitrogens with one attached hydrogen (secondary N) is 1. The molecule has 1 fully saturated rings. The molecule has 1 amide bonds. The lowest BCUT2D eigenvalue weighted by Gasteiger charge is -2.25. The molecule has 2 N–H and O–H groups in total. The fourth-order valence-electron chi connectivity index (χ4n) is 2.97. The standard InChI is InChI=1S/C18H26N2O5S/c1-13(2)12-16(18(22)23)19-17(21)14-6-8-15(9-7-14)26(24,25)20-10-4-3-5-11-20/h6-9,13,16H,3-5,10-12H2,1-2H3,(H,19,21)(H,22,23)/t16-/m1/s1. The van der Waals surface area contributed by atoms with Gasteiger partial charge >= 0.3 is 5.97 Å². The van der Waals surface area contributed by atoms with Crippen LogP contribution < -0.4 is 5.32 Å².